The molecule has 0 spiro atoms. The summed E-state index contributed by atoms with van der Waals surface area (Å²) >= 11 is 0. The number of nitrogens with zero attached hydrogens (tertiary/aromatic N) is 1. The number of rotatable bonds is 42. The van der Waals surface area contributed by atoms with Crippen molar-refractivity contribution in [3.63, 3.8) is 0 Å². The second-order valence-electron chi connectivity index (χ2n) is 17.0. The summed E-state index contributed by atoms with van der Waals surface area (Å²) in [6, 6.07) is 0. The molecule has 0 saturated heterocycles. The van der Waals surface area contributed by atoms with Gasteiger partial charge in [0.15, 0.2) is 6.10 Å². The molecule has 3 atom stereocenters. The van der Waals surface area contributed by atoms with E-state index in [0.29, 0.717) is 36.7 Å². The van der Waals surface area contributed by atoms with Crippen molar-refractivity contribution in [3.05, 3.63) is 48.6 Å². The van der Waals surface area contributed by atoms with Gasteiger partial charge in [-0.05, 0) is 44.9 Å². The zero-order valence-corrected chi connectivity index (χ0v) is 39.2. The monoisotopic (exact) mass is 855 g/mol. The van der Waals surface area contributed by atoms with E-state index in [0.717, 1.165) is 32.1 Å². The molecule has 10 nitrogen and oxygen atoms in total. The van der Waals surface area contributed by atoms with Gasteiger partial charge >= 0.3 is 19.8 Å². The van der Waals surface area contributed by atoms with E-state index in [1.165, 1.54) is 103 Å². The number of likely N-dealkylation sites (N-methyl/N-ethyl adjacent to an activating group) is 1. The van der Waals surface area contributed by atoms with Gasteiger partial charge < -0.3 is 24.0 Å². The maximum Gasteiger partial charge on any atom is 0.472 e. The molecule has 0 radical (unpaired) electrons. The van der Waals surface area contributed by atoms with Gasteiger partial charge in [-0.25, -0.2) is 4.57 Å². The Morgan fingerprint density at radius 2 is 1.14 bits per heavy atom. The fraction of sp³-hybridized carbons (Fsp3) is 0.792. The first-order valence-electron chi connectivity index (χ1n) is 23.5. The van der Waals surface area contributed by atoms with Crippen LogP contribution in [-0.4, -0.2) is 86.1 Å². The summed E-state index contributed by atoms with van der Waals surface area (Å²) in [6.45, 7) is 4.25. The number of allylic oxidation sites excluding steroid dienone is 6. The van der Waals surface area contributed by atoms with E-state index in [2.05, 4.69) is 19.9 Å². The van der Waals surface area contributed by atoms with Gasteiger partial charge in [-0.1, -0.05) is 178 Å². The maximum atomic E-state index is 12.7. The number of ether oxygens (including phenoxy) is 2. The lowest BCUT2D eigenvalue weighted by atomic mass is 10.0. The molecule has 0 heterocycles. The first-order chi connectivity index (χ1) is 28.4. The van der Waals surface area contributed by atoms with Gasteiger partial charge in [-0.2, -0.15) is 0 Å². The van der Waals surface area contributed by atoms with E-state index in [-0.39, 0.29) is 26.1 Å². The second-order valence-corrected chi connectivity index (χ2v) is 18.4. The van der Waals surface area contributed by atoms with Crippen LogP contribution >= 0.6 is 7.82 Å². The molecule has 0 aromatic heterocycles. The maximum absolute atomic E-state index is 12.7. The van der Waals surface area contributed by atoms with Crippen LogP contribution in [0.5, 0.6) is 0 Å². The van der Waals surface area contributed by atoms with Crippen molar-refractivity contribution in [1.82, 2.24) is 0 Å². The van der Waals surface area contributed by atoms with Gasteiger partial charge in [0.2, 0.25) is 0 Å². The minimum Gasteiger partial charge on any atom is -0.462 e. The van der Waals surface area contributed by atoms with E-state index < -0.39 is 38.6 Å². The third-order valence-electron chi connectivity index (χ3n) is 9.94. The van der Waals surface area contributed by atoms with Crippen molar-refractivity contribution in [3.8, 4) is 0 Å². The lowest BCUT2D eigenvalue weighted by Gasteiger charge is -2.24. The number of hydrogen-bond donors (Lipinski definition) is 2. The quantitative estimate of drug-likeness (QED) is 0.0154. The fourth-order valence-electron chi connectivity index (χ4n) is 6.21. The van der Waals surface area contributed by atoms with E-state index >= 15 is 0 Å². The van der Waals surface area contributed by atoms with Crippen LogP contribution in [0, 0.1) is 0 Å². The Labute approximate surface area is 361 Å². The predicted molar refractivity (Wildman–Crippen MR) is 244 cm³/mol. The molecule has 0 aliphatic heterocycles. The molecule has 0 aromatic rings. The normalized spacial score (nSPS) is 14.5. The van der Waals surface area contributed by atoms with Crippen LogP contribution in [0.4, 0.5) is 0 Å². The van der Waals surface area contributed by atoms with Gasteiger partial charge in [0.25, 0.3) is 0 Å². The highest BCUT2D eigenvalue weighted by atomic mass is 31.2. The third-order valence-corrected chi connectivity index (χ3v) is 10.9. The first kappa shape index (κ1) is 56.9. The van der Waals surface area contributed by atoms with Crippen molar-refractivity contribution >= 4 is 19.8 Å². The number of hydrogen-bond acceptors (Lipinski definition) is 8. The molecule has 1 unspecified atom stereocenters. The van der Waals surface area contributed by atoms with E-state index in [9.17, 15) is 24.2 Å². The Kier molecular flexibility index (Phi) is 38.6. The molecule has 0 bridgehead atoms. The minimum atomic E-state index is -4.40. The SMILES string of the molecule is CCCCC/C=C\C[C@@H](O)/C=C/C=C\C/C=C\CCCC(=O)OC[C@H](COP(=O)(O)OCC[N+](C)(C)C)OC(=O)CCCCCCCCCCCCCCCCCCC. The smallest absolute Gasteiger partial charge is 0.462 e. The molecule has 0 aliphatic rings. The standard InChI is InChI=1S/C48H88NO9P/c1-6-8-10-12-14-15-16-17-18-19-20-21-22-23-28-32-36-40-48(52)58-46(44-57-59(53,54)56-42-41-49(3,4)5)43-55-47(51)39-35-31-27-25-24-26-30-34-38-45(50)37-33-29-13-11-9-7-2/h25-27,29-30,33-34,38,45-46,50H,6-24,28,31-32,35-37,39-44H2,1-5H3/p+1/b27-25-,30-26-,33-29-,38-34+/t45-,46-/m1/s1. The number of esters is 2. The molecule has 59 heavy (non-hydrogen) atoms. The highest BCUT2D eigenvalue weighted by Gasteiger charge is 2.27. The molecule has 0 aromatic carbocycles. The number of phosphoric ester groups is 1. The largest absolute Gasteiger partial charge is 0.472 e. The minimum absolute atomic E-state index is 0.0132. The van der Waals surface area contributed by atoms with E-state index in [1.54, 1.807) is 6.08 Å². The van der Waals surface area contributed by atoms with Gasteiger partial charge in [-0.3, -0.25) is 18.6 Å². The highest BCUT2D eigenvalue weighted by Crippen LogP contribution is 2.43. The molecule has 344 valence electrons. The van der Waals surface area contributed by atoms with Crippen LogP contribution < -0.4 is 0 Å². The average molecular weight is 855 g/mol. The van der Waals surface area contributed by atoms with Crippen molar-refractivity contribution in [2.45, 2.75) is 199 Å². The zero-order chi connectivity index (χ0) is 43.7. The average Bonchev–Trinajstić information content (AvgIpc) is 3.18. The van der Waals surface area contributed by atoms with Crippen LogP contribution in [0.3, 0.4) is 0 Å². The summed E-state index contributed by atoms with van der Waals surface area (Å²) in [6.07, 6.45) is 43.3. The number of carbonyl (C=O) groups excluding carboxylic acids is 2. The molecular weight excluding hydrogens is 765 g/mol. The molecule has 0 amide bonds. The van der Waals surface area contributed by atoms with Crippen LogP contribution in [0.15, 0.2) is 48.6 Å². The Bertz CT molecular complexity index is 1160. The summed E-state index contributed by atoms with van der Waals surface area (Å²) in [5.74, 6) is -0.899. The molecule has 0 rings (SSSR count). The predicted octanol–water partition coefficient (Wildman–Crippen LogP) is 12.4. The van der Waals surface area contributed by atoms with Crippen molar-refractivity contribution < 1.29 is 47.2 Å². The topological polar surface area (TPSA) is 129 Å². The van der Waals surface area contributed by atoms with Gasteiger partial charge in [0, 0.05) is 12.8 Å². The van der Waals surface area contributed by atoms with Crippen LogP contribution in [0.25, 0.3) is 0 Å². The number of phosphoric acid groups is 1. The molecular formula is C48H89NO9P+. The lowest BCUT2D eigenvalue weighted by molar-refractivity contribution is -0.870. The molecule has 2 N–H and O–H groups in total. The van der Waals surface area contributed by atoms with Crippen LogP contribution in [0.2, 0.25) is 0 Å². The number of carbonyl (C=O) groups is 2. The summed E-state index contributed by atoms with van der Waals surface area (Å²) in [5.41, 5.74) is 0. The summed E-state index contributed by atoms with van der Waals surface area (Å²) in [5, 5.41) is 10.0. The number of aliphatic hydroxyl groups excluding tert-OH is 1. The Morgan fingerprint density at radius 1 is 0.610 bits per heavy atom. The lowest BCUT2D eigenvalue weighted by Crippen LogP contribution is -2.37. The van der Waals surface area contributed by atoms with Crippen molar-refractivity contribution in [2.24, 2.45) is 0 Å². The van der Waals surface area contributed by atoms with Gasteiger partial charge in [0.05, 0.1) is 33.9 Å². The number of quaternary nitrogens is 1. The Morgan fingerprint density at radius 3 is 1.73 bits per heavy atom. The van der Waals surface area contributed by atoms with E-state index in [4.69, 9.17) is 18.5 Å². The third kappa shape index (κ3) is 43.8. The van der Waals surface area contributed by atoms with E-state index in [1.807, 2.05) is 57.6 Å². The first-order valence-corrected chi connectivity index (χ1v) is 25.0. The molecule has 0 aliphatic carbocycles. The summed E-state index contributed by atoms with van der Waals surface area (Å²) in [4.78, 5) is 35.4. The summed E-state index contributed by atoms with van der Waals surface area (Å²) < 4.78 is 34.3. The zero-order valence-electron chi connectivity index (χ0n) is 38.3. The number of unbranched alkanes of at least 4 members (excludes halogenated alkanes) is 20. The molecule has 0 fully saturated rings. The Hall–Kier alpha value is -2.07. The van der Waals surface area contributed by atoms with Crippen LogP contribution in [0.1, 0.15) is 187 Å². The van der Waals surface area contributed by atoms with Crippen LogP contribution in [-0.2, 0) is 32.7 Å². The Balaban J connectivity index is 4.46. The summed E-state index contributed by atoms with van der Waals surface area (Å²) in [7, 11) is 1.41. The van der Waals surface area contributed by atoms with Gasteiger partial charge in [0.1, 0.15) is 19.8 Å². The molecule has 11 heteroatoms. The van der Waals surface area contributed by atoms with Crippen molar-refractivity contribution in [2.75, 3.05) is 47.5 Å². The molecule has 0 saturated carbocycles. The van der Waals surface area contributed by atoms with Gasteiger partial charge in [-0.15, -0.1) is 0 Å². The highest BCUT2D eigenvalue weighted by molar-refractivity contribution is 7.47. The second kappa shape index (κ2) is 40.0. The number of aliphatic hydroxyl groups is 1. The van der Waals surface area contributed by atoms with Crippen molar-refractivity contribution in [1.29, 1.82) is 0 Å². The fourth-order valence-corrected chi connectivity index (χ4v) is 6.95.